The zero-order chi connectivity index (χ0) is 16.0. The summed E-state index contributed by atoms with van der Waals surface area (Å²) in [5, 5.41) is 12.4. The lowest BCUT2D eigenvalue weighted by Crippen LogP contribution is -2.47. The van der Waals surface area contributed by atoms with Gasteiger partial charge in [0.1, 0.15) is 0 Å². The van der Waals surface area contributed by atoms with Crippen LogP contribution < -0.4 is 5.32 Å². The molecule has 0 saturated heterocycles. The molecule has 1 heterocycles. The van der Waals surface area contributed by atoms with Gasteiger partial charge in [-0.1, -0.05) is 12.2 Å². The summed E-state index contributed by atoms with van der Waals surface area (Å²) in [5.41, 5.74) is 2.31. The number of carbonyl (C=O) groups is 2. The second-order valence-corrected chi connectivity index (χ2v) is 6.30. The van der Waals surface area contributed by atoms with Crippen LogP contribution in [0.4, 0.5) is 5.69 Å². The summed E-state index contributed by atoms with van der Waals surface area (Å²) >= 11 is 0. The number of hydrogen-bond acceptors (Lipinski definition) is 3. The molecular weight excluding hydrogens is 294 g/mol. The Balaban J connectivity index is 1.60. The molecule has 1 amide bonds. The zero-order valence-electron chi connectivity index (χ0n) is 12.4. The van der Waals surface area contributed by atoms with Gasteiger partial charge in [-0.3, -0.25) is 9.59 Å². The van der Waals surface area contributed by atoms with Crippen molar-refractivity contribution in [3.63, 3.8) is 0 Å². The van der Waals surface area contributed by atoms with E-state index in [4.69, 9.17) is 0 Å². The van der Waals surface area contributed by atoms with E-state index in [2.05, 4.69) is 15.3 Å². The van der Waals surface area contributed by atoms with Gasteiger partial charge < -0.3 is 15.4 Å². The molecule has 5 rings (SSSR count). The lowest BCUT2D eigenvalue weighted by Gasteiger charge is -2.41. The maximum Gasteiger partial charge on any atom is 0.307 e. The van der Waals surface area contributed by atoms with Crippen LogP contribution in [0.2, 0.25) is 0 Å². The van der Waals surface area contributed by atoms with E-state index >= 15 is 0 Å². The number of aromatic nitrogens is 2. The van der Waals surface area contributed by atoms with Crippen molar-refractivity contribution in [1.29, 1.82) is 0 Å². The number of carbonyl (C=O) groups excluding carboxylic acids is 1. The molecule has 0 spiro atoms. The summed E-state index contributed by atoms with van der Waals surface area (Å²) in [6, 6.07) is 5.42. The minimum absolute atomic E-state index is 0.0111. The maximum absolute atomic E-state index is 12.7. The van der Waals surface area contributed by atoms with Crippen LogP contribution in [0.3, 0.4) is 0 Å². The monoisotopic (exact) mass is 311 g/mol. The quantitative estimate of drug-likeness (QED) is 0.759. The fourth-order valence-electron chi connectivity index (χ4n) is 3.93. The van der Waals surface area contributed by atoms with Gasteiger partial charge in [0.2, 0.25) is 5.91 Å². The van der Waals surface area contributed by atoms with Gasteiger partial charge in [0.25, 0.3) is 0 Å². The van der Waals surface area contributed by atoms with Crippen LogP contribution >= 0.6 is 0 Å². The number of aromatic amines is 1. The molecule has 4 unspecified atom stereocenters. The SMILES string of the molecule is O=C(O)C1C2C=CC(CC2)C1C(=O)Nc1ccc2nc[nH]c2c1. The van der Waals surface area contributed by atoms with Crippen molar-refractivity contribution in [3.8, 4) is 0 Å². The highest BCUT2D eigenvalue weighted by atomic mass is 16.4. The fourth-order valence-corrected chi connectivity index (χ4v) is 3.93. The average Bonchev–Trinajstić information content (AvgIpc) is 3.02. The summed E-state index contributed by atoms with van der Waals surface area (Å²) in [5.74, 6) is -2.26. The van der Waals surface area contributed by atoms with Gasteiger partial charge >= 0.3 is 5.97 Å². The van der Waals surface area contributed by atoms with Crippen LogP contribution in [0.15, 0.2) is 36.7 Å². The highest BCUT2D eigenvalue weighted by molar-refractivity contribution is 5.97. The molecule has 1 aromatic carbocycles. The second-order valence-electron chi connectivity index (χ2n) is 6.30. The molecular formula is C17H17N3O3. The number of nitrogens with one attached hydrogen (secondary N) is 2. The Kier molecular flexibility index (Phi) is 3.18. The fraction of sp³-hybridized carbons (Fsp3) is 0.353. The number of carboxylic acid groups (broad SMARTS) is 1. The molecule has 3 aliphatic rings. The van der Waals surface area contributed by atoms with Gasteiger partial charge in [-0.2, -0.15) is 0 Å². The molecule has 0 radical (unpaired) electrons. The first-order valence-electron chi connectivity index (χ1n) is 7.78. The van der Waals surface area contributed by atoms with E-state index in [9.17, 15) is 14.7 Å². The number of H-pyrrole nitrogens is 1. The Morgan fingerprint density at radius 1 is 1.17 bits per heavy atom. The number of amides is 1. The number of aliphatic carboxylic acids is 1. The first kappa shape index (κ1) is 14.0. The van der Waals surface area contributed by atoms with Crippen LogP contribution in [-0.2, 0) is 9.59 Å². The van der Waals surface area contributed by atoms with Crippen LogP contribution in [0.25, 0.3) is 11.0 Å². The normalized spacial score (nSPS) is 28.9. The molecule has 3 N–H and O–H groups in total. The van der Waals surface area contributed by atoms with Crippen LogP contribution in [0, 0.1) is 23.7 Å². The summed E-state index contributed by atoms with van der Waals surface area (Å²) in [6.45, 7) is 0. The van der Waals surface area contributed by atoms with Crippen LogP contribution in [0.1, 0.15) is 12.8 Å². The first-order valence-corrected chi connectivity index (χ1v) is 7.78. The molecule has 118 valence electrons. The minimum atomic E-state index is -0.881. The van der Waals surface area contributed by atoms with E-state index in [1.165, 1.54) is 0 Å². The molecule has 1 saturated carbocycles. The van der Waals surface area contributed by atoms with E-state index in [1.54, 1.807) is 12.4 Å². The summed E-state index contributed by atoms with van der Waals surface area (Å²) in [7, 11) is 0. The van der Waals surface area contributed by atoms with Crippen molar-refractivity contribution < 1.29 is 14.7 Å². The van der Waals surface area contributed by atoms with Gasteiger partial charge in [0.15, 0.2) is 0 Å². The molecule has 4 atom stereocenters. The number of nitrogens with zero attached hydrogens (tertiary/aromatic N) is 1. The Hall–Kier alpha value is -2.63. The van der Waals surface area contributed by atoms with E-state index in [0.717, 1.165) is 23.9 Å². The molecule has 2 bridgehead atoms. The molecule has 1 aromatic heterocycles. The standard InChI is InChI=1S/C17H17N3O3/c21-16(20-11-5-6-12-13(7-11)19-8-18-12)14-9-1-3-10(4-2-9)15(14)17(22)23/h1,3,5-10,14-15H,2,4H2,(H,18,19)(H,20,21)(H,22,23). The van der Waals surface area contributed by atoms with Gasteiger partial charge in [0, 0.05) is 5.69 Å². The largest absolute Gasteiger partial charge is 0.481 e. The third kappa shape index (κ3) is 2.30. The van der Waals surface area contributed by atoms with Gasteiger partial charge in [0.05, 0.1) is 29.2 Å². The Morgan fingerprint density at radius 2 is 1.91 bits per heavy atom. The van der Waals surface area contributed by atoms with Gasteiger partial charge in [-0.25, -0.2) is 4.98 Å². The average molecular weight is 311 g/mol. The summed E-state index contributed by atoms with van der Waals surface area (Å²) in [6.07, 6.45) is 7.30. The van der Waals surface area contributed by atoms with Crippen molar-refractivity contribution in [2.24, 2.45) is 23.7 Å². The highest BCUT2D eigenvalue weighted by Crippen LogP contribution is 2.45. The van der Waals surface area contributed by atoms with E-state index in [-0.39, 0.29) is 17.7 Å². The van der Waals surface area contributed by atoms with E-state index in [1.807, 2.05) is 24.3 Å². The molecule has 6 heteroatoms. The molecule has 1 fully saturated rings. The van der Waals surface area contributed by atoms with E-state index < -0.39 is 17.8 Å². The van der Waals surface area contributed by atoms with Gasteiger partial charge in [-0.15, -0.1) is 0 Å². The Morgan fingerprint density at radius 3 is 2.61 bits per heavy atom. The molecule has 6 nitrogen and oxygen atoms in total. The molecule has 2 aromatic rings. The number of carboxylic acids is 1. The van der Waals surface area contributed by atoms with Crippen LogP contribution in [-0.4, -0.2) is 27.0 Å². The topological polar surface area (TPSA) is 95.1 Å². The van der Waals surface area contributed by atoms with Gasteiger partial charge in [-0.05, 0) is 42.9 Å². The number of hydrogen-bond donors (Lipinski definition) is 3. The molecule has 0 aliphatic heterocycles. The Labute approximate surface area is 132 Å². The number of imidazole rings is 1. The Bertz CT molecular complexity index is 810. The third-order valence-corrected chi connectivity index (χ3v) is 5.02. The second kappa shape index (κ2) is 5.22. The summed E-state index contributed by atoms with van der Waals surface area (Å²) in [4.78, 5) is 31.5. The molecule has 23 heavy (non-hydrogen) atoms. The third-order valence-electron chi connectivity index (χ3n) is 5.02. The first-order chi connectivity index (χ1) is 11.1. The van der Waals surface area contributed by atoms with Crippen molar-refractivity contribution in [2.45, 2.75) is 12.8 Å². The van der Waals surface area contributed by atoms with Crippen molar-refractivity contribution >= 4 is 28.6 Å². The summed E-state index contributed by atoms with van der Waals surface area (Å²) < 4.78 is 0. The van der Waals surface area contributed by atoms with Crippen molar-refractivity contribution in [2.75, 3.05) is 5.32 Å². The number of allylic oxidation sites excluding steroid dienone is 2. The smallest absolute Gasteiger partial charge is 0.307 e. The minimum Gasteiger partial charge on any atom is -0.481 e. The highest BCUT2D eigenvalue weighted by Gasteiger charge is 2.48. The van der Waals surface area contributed by atoms with Crippen LogP contribution in [0.5, 0.6) is 0 Å². The lowest BCUT2D eigenvalue weighted by atomic mass is 9.62. The molecule has 3 aliphatic carbocycles. The predicted molar refractivity (Wildman–Crippen MR) is 84.7 cm³/mol. The number of benzene rings is 1. The lowest BCUT2D eigenvalue weighted by molar-refractivity contribution is -0.151. The zero-order valence-corrected chi connectivity index (χ0v) is 12.4. The maximum atomic E-state index is 12.7. The van der Waals surface area contributed by atoms with E-state index in [0.29, 0.717) is 5.69 Å². The van der Waals surface area contributed by atoms with Crippen molar-refractivity contribution in [1.82, 2.24) is 9.97 Å². The number of fused-ring (bicyclic) bond motifs is 3. The predicted octanol–water partition coefficient (Wildman–Crippen LogP) is 2.41. The van der Waals surface area contributed by atoms with Crippen molar-refractivity contribution in [3.05, 3.63) is 36.7 Å². The number of rotatable bonds is 3. The number of anilines is 1.